The lowest BCUT2D eigenvalue weighted by molar-refractivity contribution is -0.127. The van der Waals surface area contributed by atoms with Gasteiger partial charge in [-0.05, 0) is 31.2 Å². The minimum Gasteiger partial charge on any atom is -0.492 e. The number of carbonyl (C=O) groups is 1. The molecule has 23 heavy (non-hydrogen) atoms. The first-order valence-corrected chi connectivity index (χ1v) is 7.54. The Morgan fingerprint density at radius 2 is 1.91 bits per heavy atom. The number of rotatable bonds is 4. The van der Waals surface area contributed by atoms with E-state index >= 15 is 0 Å². The molecule has 0 saturated heterocycles. The molecule has 0 unspecified atom stereocenters. The predicted octanol–water partition coefficient (Wildman–Crippen LogP) is 2.76. The number of hydrogen-bond donors (Lipinski definition) is 1. The standard InChI is InChI=1S/C18H18N2O3/c1-13(23-14-7-3-2-4-8-14)18(21)20-19-16-11-12-22-17-10-6-5-9-15(16)17/h2-10,13H,11-12H2,1H3,(H,20,21)/b19-16-/t13-/m1/s1. The molecule has 0 saturated carbocycles. The lowest BCUT2D eigenvalue weighted by Gasteiger charge is -2.19. The van der Waals surface area contributed by atoms with Crippen molar-refractivity contribution in [2.75, 3.05) is 6.61 Å². The fourth-order valence-electron chi connectivity index (χ4n) is 2.31. The molecular weight excluding hydrogens is 292 g/mol. The van der Waals surface area contributed by atoms with Gasteiger partial charge in [0.25, 0.3) is 5.91 Å². The Bertz CT molecular complexity index is 713. The minimum absolute atomic E-state index is 0.287. The van der Waals surface area contributed by atoms with E-state index in [0.29, 0.717) is 18.8 Å². The van der Waals surface area contributed by atoms with Crippen molar-refractivity contribution in [2.24, 2.45) is 5.10 Å². The van der Waals surface area contributed by atoms with Gasteiger partial charge in [0, 0.05) is 12.0 Å². The zero-order chi connectivity index (χ0) is 16.1. The van der Waals surface area contributed by atoms with Gasteiger partial charge in [-0.2, -0.15) is 5.10 Å². The number of para-hydroxylation sites is 2. The monoisotopic (exact) mass is 310 g/mol. The zero-order valence-corrected chi connectivity index (χ0v) is 12.9. The van der Waals surface area contributed by atoms with Crippen molar-refractivity contribution >= 4 is 11.6 Å². The maximum atomic E-state index is 12.1. The molecule has 0 bridgehead atoms. The van der Waals surface area contributed by atoms with Gasteiger partial charge < -0.3 is 9.47 Å². The minimum atomic E-state index is -0.628. The first-order chi connectivity index (χ1) is 11.2. The van der Waals surface area contributed by atoms with Gasteiger partial charge >= 0.3 is 0 Å². The van der Waals surface area contributed by atoms with Gasteiger partial charge in [0.1, 0.15) is 11.5 Å². The van der Waals surface area contributed by atoms with E-state index in [2.05, 4.69) is 10.5 Å². The third-order valence-corrected chi connectivity index (χ3v) is 3.52. The van der Waals surface area contributed by atoms with Crippen LogP contribution < -0.4 is 14.9 Å². The van der Waals surface area contributed by atoms with Crippen molar-refractivity contribution in [1.29, 1.82) is 0 Å². The first-order valence-electron chi connectivity index (χ1n) is 7.54. The smallest absolute Gasteiger partial charge is 0.280 e. The van der Waals surface area contributed by atoms with Crippen LogP contribution in [0.1, 0.15) is 18.9 Å². The van der Waals surface area contributed by atoms with Crippen molar-refractivity contribution in [1.82, 2.24) is 5.43 Å². The molecule has 0 radical (unpaired) electrons. The molecular formula is C18H18N2O3. The number of nitrogens with one attached hydrogen (secondary N) is 1. The number of amides is 1. The van der Waals surface area contributed by atoms with Crippen molar-refractivity contribution in [3.8, 4) is 11.5 Å². The van der Waals surface area contributed by atoms with Gasteiger partial charge in [-0.25, -0.2) is 5.43 Å². The van der Waals surface area contributed by atoms with Crippen LogP contribution in [0.2, 0.25) is 0 Å². The summed E-state index contributed by atoms with van der Waals surface area (Å²) in [5.41, 5.74) is 4.31. The van der Waals surface area contributed by atoms with Crippen LogP contribution in [-0.4, -0.2) is 24.3 Å². The van der Waals surface area contributed by atoms with E-state index in [1.165, 1.54) is 0 Å². The van der Waals surface area contributed by atoms with Crippen LogP contribution >= 0.6 is 0 Å². The third-order valence-electron chi connectivity index (χ3n) is 3.52. The van der Waals surface area contributed by atoms with E-state index < -0.39 is 6.10 Å². The number of benzene rings is 2. The highest BCUT2D eigenvalue weighted by Crippen LogP contribution is 2.24. The third kappa shape index (κ3) is 3.69. The van der Waals surface area contributed by atoms with Crippen LogP contribution in [0.4, 0.5) is 0 Å². The van der Waals surface area contributed by atoms with Crippen molar-refractivity contribution in [3.05, 3.63) is 60.2 Å². The fraction of sp³-hybridized carbons (Fsp3) is 0.222. The second-order valence-corrected chi connectivity index (χ2v) is 5.20. The average Bonchev–Trinajstić information content (AvgIpc) is 2.60. The average molecular weight is 310 g/mol. The largest absolute Gasteiger partial charge is 0.492 e. The summed E-state index contributed by atoms with van der Waals surface area (Å²) in [4.78, 5) is 12.1. The van der Waals surface area contributed by atoms with Crippen LogP contribution in [0.5, 0.6) is 11.5 Å². The Morgan fingerprint density at radius 3 is 2.74 bits per heavy atom. The van der Waals surface area contributed by atoms with Crippen LogP contribution in [-0.2, 0) is 4.79 Å². The summed E-state index contributed by atoms with van der Waals surface area (Å²) in [5, 5.41) is 4.24. The maximum absolute atomic E-state index is 12.1. The van der Waals surface area contributed by atoms with Gasteiger partial charge in [0.05, 0.1) is 12.3 Å². The summed E-state index contributed by atoms with van der Waals surface area (Å²) in [7, 11) is 0. The number of ether oxygens (including phenoxy) is 2. The Balaban J connectivity index is 1.65. The molecule has 3 rings (SSSR count). The van der Waals surface area contributed by atoms with Gasteiger partial charge in [0.2, 0.25) is 0 Å². The highest BCUT2D eigenvalue weighted by molar-refractivity contribution is 6.04. The molecule has 0 aliphatic carbocycles. The molecule has 2 aromatic rings. The van der Waals surface area contributed by atoms with Crippen LogP contribution in [0, 0.1) is 0 Å². The van der Waals surface area contributed by atoms with Crippen LogP contribution in [0.25, 0.3) is 0 Å². The van der Waals surface area contributed by atoms with E-state index in [9.17, 15) is 4.79 Å². The number of carbonyl (C=O) groups excluding carboxylic acids is 1. The molecule has 2 aromatic carbocycles. The van der Waals surface area contributed by atoms with Crippen LogP contribution in [0.3, 0.4) is 0 Å². The lowest BCUT2D eigenvalue weighted by Crippen LogP contribution is -2.34. The van der Waals surface area contributed by atoms with Gasteiger partial charge in [0.15, 0.2) is 6.10 Å². The van der Waals surface area contributed by atoms with Crippen molar-refractivity contribution < 1.29 is 14.3 Å². The molecule has 1 aliphatic heterocycles. The summed E-state index contributed by atoms with van der Waals surface area (Å²) in [6.45, 7) is 2.25. The Hall–Kier alpha value is -2.82. The number of nitrogens with zero attached hydrogens (tertiary/aromatic N) is 1. The summed E-state index contributed by atoms with van der Waals surface area (Å²) in [5.74, 6) is 1.16. The van der Waals surface area contributed by atoms with E-state index in [0.717, 1.165) is 17.0 Å². The molecule has 5 nitrogen and oxygen atoms in total. The SMILES string of the molecule is C[C@@H](Oc1ccccc1)C(=O)N/N=C1/CCOc2ccccc21. The first kappa shape index (κ1) is 15.1. The van der Waals surface area contributed by atoms with Crippen molar-refractivity contribution in [2.45, 2.75) is 19.4 Å². The highest BCUT2D eigenvalue weighted by Gasteiger charge is 2.18. The van der Waals surface area contributed by atoms with E-state index in [1.807, 2.05) is 54.6 Å². The molecule has 1 N–H and O–H groups in total. The summed E-state index contributed by atoms with van der Waals surface area (Å²) < 4.78 is 11.1. The maximum Gasteiger partial charge on any atom is 0.280 e. The number of fused-ring (bicyclic) bond motifs is 1. The topological polar surface area (TPSA) is 59.9 Å². The van der Waals surface area contributed by atoms with Crippen molar-refractivity contribution in [3.63, 3.8) is 0 Å². The molecule has 1 amide bonds. The quantitative estimate of drug-likeness (QED) is 0.883. The van der Waals surface area contributed by atoms with E-state index in [4.69, 9.17) is 9.47 Å². The lowest BCUT2D eigenvalue weighted by atomic mass is 10.0. The molecule has 0 aromatic heterocycles. The number of hydrazone groups is 1. The van der Waals surface area contributed by atoms with E-state index in [-0.39, 0.29) is 5.91 Å². The Kier molecular flexibility index (Phi) is 4.57. The van der Waals surface area contributed by atoms with Gasteiger partial charge in [-0.3, -0.25) is 4.79 Å². The van der Waals surface area contributed by atoms with Gasteiger partial charge in [-0.15, -0.1) is 0 Å². The predicted molar refractivity (Wildman–Crippen MR) is 87.8 cm³/mol. The normalized spacial score (nSPS) is 16.1. The highest BCUT2D eigenvalue weighted by atomic mass is 16.5. The molecule has 5 heteroatoms. The number of hydrogen-bond acceptors (Lipinski definition) is 4. The fourth-order valence-corrected chi connectivity index (χ4v) is 2.31. The summed E-state index contributed by atoms with van der Waals surface area (Å²) in [6.07, 6.45) is 0.0300. The van der Waals surface area contributed by atoms with E-state index in [1.54, 1.807) is 6.92 Å². The van der Waals surface area contributed by atoms with Gasteiger partial charge in [-0.1, -0.05) is 30.3 Å². The second-order valence-electron chi connectivity index (χ2n) is 5.20. The summed E-state index contributed by atoms with van der Waals surface area (Å²) in [6, 6.07) is 16.9. The Labute approximate surface area is 134 Å². The molecule has 1 heterocycles. The second kappa shape index (κ2) is 6.96. The molecule has 1 atom stereocenters. The summed E-state index contributed by atoms with van der Waals surface area (Å²) >= 11 is 0. The molecule has 0 spiro atoms. The molecule has 118 valence electrons. The van der Waals surface area contributed by atoms with Crippen LogP contribution in [0.15, 0.2) is 59.7 Å². The molecule has 1 aliphatic rings. The molecule has 0 fully saturated rings. The zero-order valence-electron chi connectivity index (χ0n) is 12.9. The Morgan fingerprint density at radius 1 is 1.17 bits per heavy atom.